The molecular formula is C21H13Cl2N3O2S. The number of thiazole rings is 1. The van der Waals surface area contributed by atoms with E-state index in [0.717, 1.165) is 10.2 Å². The lowest BCUT2D eigenvalue weighted by Gasteiger charge is -2.05. The van der Waals surface area contributed by atoms with Crippen LogP contribution in [0.5, 0.6) is 0 Å². The summed E-state index contributed by atoms with van der Waals surface area (Å²) in [6, 6.07) is 18.6. The number of benzene rings is 3. The number of fused-ring (bicyclic) bond motifs is 1. The number of nitrogens with one attached hydrogen (secondary N) is 2. The van der Waals surface area contributed by atoms with E-state index in [4.69, 9.17) is 23.2 Å². The van der Waals surface area contributed by atoms with Crippen LogP contribution in [-0.2, 0) is 0 Å². The van der Waals surface area contributed by atoms with E-state index < -0.39 is 0 Å². The van der Waals surface area contributed by atoms with Crippen LogP contribution in [0.25, 0.3) is 10.2 Å². The Morgan fingerprint density at radius 2 is 1.31 bits per heavy atom. The Labute approximate surface area is 180 Å². The van der Waals surface area contributed by atoms with Crippen LogP contribution in [0.3, 0.4) is 0 Å². The maximum Gasteiger partial charge on any atom is 0.257 e. The number of amides is 2. The number of hydrogen-bond acceptors (Lipinski definition) is 4. The van der Waals surface area contributed by atoms with Crippen molar-refractivity contribution in [1.29, 1.82) is 0 Å². The zero-order valence-electron chi connectivity index (χ0n) is 14.8. The van der Waals surface area contributed by atoms with Crippen molar-refractivity contribution in [2.75, 3.05) is 10.6 Å². The molecule has 5 nitrogen and oxygen atoms in total. The molecule has 0 aliphatic carbocycles. The topological polar surface area (TPSA) is 71.1 Å². The molecule has 4 aromatic rings. The molecule has 2 N–H and O–H groups in total. The third kappa shape index (κ3) is 4.56. The van der Waals surface area contributed by atoms with Gasteiger partial charge in [-0.05, 0) is 66.7 Å². The van der Waals surface area contributed by atoms with E-state index >= 15 is 0 Å². The van der Waals surface area contributed by atoms with E-state index in [1.165, 1.54) is 11.3 Å². The molecule has 0 spiro atoms. The van der Waals surface area contributed by atoms with Gasteiger partial charge in [0.2, 0.25) is 0 Å². The number of carbonyl (C=O) groups excluding carboxylic acids is 2. The summed E-state index contributed by atoms with van der Waals surface area (Å²) >= 11 is 13.0. The minimum atomic E-state index is -0.267. The fourth-order valence-corrected chi connectivity index (χ4v) is 3.78. The van der Waals surface area contributed by atoms with Gasteiger partial charge in [-0.2, -0.15) is 0 Å². The van der Waals surface area contributed by atoms with E-state index in [0.29, 0.717) is 32.0 Å². The normalized spacial score (nSPS) is 10.7. The standard InChI is InChI=1S/C21H13Cl2N3O2S/c22-14-5-1-12(2-6-14)19(27)24-16-9-10-17-18(11-16)29-21(25-17)26-20(28)13-3-7-15(23)8-4-13/h1-11H,(H,24,27)(H,25,26,28). The maximum atomic E-state index is 12.4. The van der Waals surface area contributed by atoms with Crippen LogP contribution < -0.4 is 10.6 Å². The van der Waals surface area contributed by atoms with Crippen LogP contribution in [0.15, 0.2) is 66.7 Å². The van der Waals surface area contributed by atoms with Gasteiger partial charge in [0.25, 0.3) is 11.8 Å². The minimum Gasteiger partial charge on any atom is -0.322 e. The Kier molecular flexibility index (Phi) is 5.49. The smallest absolute Gasteiger partial charge is 0.257 e. The second-order valence-electron chi connectivity index (χ2n) is 6.12. The second-order valence-corrected chi connectivity index (χ2v) is 8.03. The van der Waals surface area contributed by atoms with Crippen LogP contribution in [0, 0.1) is 0 Å². The number of hydrogen-bond donors (Lipinski definition) is 2. The molecule has 0 unspecified atom stereocenters. The first-order valence-corrected chi connectivity index (χ1v) is 10.1. The first kappa shape index (κ1) is 19.4. The zero-order valence-corrected chi connectivity index (χ0v) is 17.1. The monoisotopic (exact) mass is 441 g/mol. The van der Waals surface area contributed by atoms with Crippen molar-refractivity contribution in [1.82, 2.24) is 4.98 Å². The van der Waals surface area contributed by atoms with Gasteiger partial charge in [0.05, 0.1) is 10.2 Å². The summed E-state index contributed by atoms with van der Waals surface area (Å²) in [5.41, 5.74) is 2.36. The highest BCUT2D eigenvalue weighted by Crippen LogP contribution is 2.29. The summed E-state index contributed by atoms with van der Waals surface area (Å²) in [5.74, 6) is -0.501. The van der Waals surface area contributed by atoms with Crippen LogP contribution in [-0.4, -0.2) is 16.8 Å². The summed E-state index contributed by atoms with van der Waals surface area (Å²) in [4.78, 5) is 29.1. The molecule has 4 rings (SSSR count). The molecule has 0 saturated carbocycles. The highest BCUT2D eigenvalue weighted by atomic mass is 35.5. The Morgan fingerprint density at radius 3 is 1.90 bits per heavy atom. The third-order valence-electron chi connectivity index (χ3n) is 4.08. The summed E-state index contributed by atoms with van der Waals surface area (Å²) in [5, 5.41) is 7.24. The number of rotatable bonds is 4. The molecule has 0 aliphatic heterocycles. The predicted octanol–water partition coefficient (Wildman–Crippen LogP) is 6.11. The van der Waals surface area contributed by atoms with Crippen molar-refractivity contribution in [3.8, 4) is 0 Å². The number of anilines is 2. The molecule has 0 radical (unpaired) electrons. The van der Waals surface area contributed by atoms with Crippen molar-refractivity contribution in [2.24, 2.45) is 0 Å². The van der Waals surface area contributed by atoms with Crippen molar-refractivity contribution >= 4 is 67.4 Å². The average Bonchev–Trinajstić information content (AvgIpc) is 3.10. The lowest BCUT2D eigenvalue weighted by atomic mass is 10.2. The first-order valence-electron chi connectivity index (χ1n) is 8.52. The molecule has 29 heavy (non-hydrogen) atoms. The Hall–Kier alpha value is -2.93. The largest absolute Gasteiger partial charge is 0.322 e. The number of halogens is 2. The number of aromatic nitrogens is 1. The summed E-state index contributed by atoms with van der Waals surface area (Å²) in [6.45, 7) is 0. The van der Waals surface area contributed by atoms with Crippen molar-refractivity contribution in [2.45, 2.75) is 0 Å². The van der Waals surface area contributed by atoms with E-state index in [9.17, 15) is 9.59 Å². The quantitative estimate of drug-likeness (QED) is 0.401. The second kappa shape index (κ2) is 8.21. The van der Waals surface area contributed by atoms with Crippen molar-refractivity contribution in [3.05, 3.63) is 87.9 Å². The first-order chi connectivity index (χ1) is 14.0. The summed E-state index contributed by atoms with van der Waals surface area (Å²) in [6.07, 6.45) is 0. The SMILES string of the molecule is O=C(Nc1ccc2nc(NC(=O)c3ccc(Cl)cc3)sc2c1)c1ccc(Cl)cc1. The minimum absolute atomic E-state index is 0.234. The Balaban J connectivity index is 1.50. The molecule has 1 heterocycles. The predicted molar refractivity (Wildman–Crippen MR) is 118 cm³/mol. The van der Waals surface area contributed by atoms with Gasteiger partial charge in [-0.3, -0.25) is 14.9 Å². The van der Waals surface area contributed by atoms with Gasteiger partial charge in [-0.1, -0.05) is 34.5 Å². The Morgan fingerprint density at radius 1 is 0.759 bits per heavy atom. The molecule has 0 aliphatic rings. The van der Waals surface area contributed by atoms with Gasteiger partial charge in [0, 0.05) is 26.9 Å². The highest BCUT2D eigenvalue weighted by Gasteiger charge is 2.12. The third-order valence-corrected chi connectivity index (χ3v) is 5.52. The molecule has 144 valence electrons. The van der Waals surface area contributed by atoms with Crippen LogP contribution >= 0.6 is 34.5 Å². The van der Waals surface area contributed by atoms with Gasteiger partial charge in [-0.15, -0.1) is 0 Å². The maximum absolute atomic E-state index is 12.4. The summed E-state index contributed by atoms with van der Waals surface area (Å²) in [7, 11) is 0. The highest BCUT2D eigenvalue weighted by molar-refractivity contribution is 7.22. The zero-order chi connectivity index (χ0) is 20.4. The lowest BCUT2D eigenvalue weighted by Crippen LogP contribution is -2.11. The molecule has 8 heteroatoms. The van der Waals surface area contributed by atoms with Gasteiger partial charge in [0.1, 0.15) is 0 Å². The van der Waals surface area contributed by atoms with Crippen LogP contribution in [0.2, 0.25) is 10.0 Å². The molecule has 0 bridgehead atoms. The molecular weight excluding hydrogens is 429 g/mol. The molecule has 1 aromatic heterocycles. The van der Waals surface area contributed by atoms with Crippen molar-refractivity contribution in [3.63, 3.8) is 0 Å². The van der Waals surface area contributed by atoms with Gasteiger partial charge >= 0.3 is 0 Å². The van der Waals surface area contributed by atoms with E-state index in [1.54, 1.807) is 60.7 Å². The van der Waals surface area contributed by atoms with Crippen LogP contribution in [0.1, 0.15) is 20.7 Å². The lowest BCUT2D eigenvalue weighted by molar-refractivity contribution is 0.101. The molecule has 0 atom stereocenters. The average molecular weight is 442 g/mol. The molecule has 2 amide bonds. The van der Waals surface area contributed by atoms with Gasteiger partial charge in [0.15, 0.2) is 5.13 Å². The van der Waals surface area contributed by atoms with E-state index in [-0.39, 0.29) is 11.8 Å². The molecule has 0 fully saturated rings. The van der Waals surface area contributed by atoms with E-state index in [2.05, 4.69) is 15.6 Å². The van der Waals surface area contributed by atoms with Crippen molar-refractivity contribution < 1.29 is 9.59 Å². The van der Waals surface area contributed by atoms with Gasteiger partial charge < -0.3 is 5.32 Å². The Bertz CT molecular complexity index is 1150. The van der Waals surface area contributed by atoms with Gasteiger partial charge in [-0.25, -0.2) is 4.98 Å². The fourth-order valence-electron chi connectivity index (χ4n) is 2.63. The van der Waals surface area contributed by atoms with E-state index in [1.807, 2.05) is 6.07 Å². The molecule has 3 aromatic carbocycles. The molecule has 0 saturated heterocycles. The summed E-state index contributed by atoms with van der Waals surface area (Å²) < 4.78 is 0.838. The number of carbonyl (C=O) groups is 2. The fraction of sp³-hybridized carbons (Fsp3) is 0. The number of nitrogens with zero attached hydrogens (tertiary/aromatic N) is 1. The van der Waals surface area contributed by atoms with Crippen LogP contribution in [0.4, 0.5) is 10.8 Å².